The molecule has 0 fully saturated rings. The molecule has 0 saturated heterocycles. The number of unbranched alkanes of at least 4 members (excludes halogenated alkanes) is 1. The average molecular weight is 343 g/mol. The number of nitro benzene ring substituents is 1. The van der Waals surface area contributed by atoms with Gasteiger partial charge in [-0.15, -0.1) is 0 Å². The highest BCUT2D eigenvalue weighted by Crippen LogP contribution is 2.22. The van der Waals surface area contributed by atoms with Gasteiger partial charge in [-0.1, -0.05) is 35.3 Å². The number of nitrogens with zero attached hydrogens (tertiary/aromatic N) is 2. The number of alkyl halides is 1. The Kier molecular flexibility index (Phi) is 6.64. The van der Waals surface area contributed by atoms with Gasteiger partial charge in [0.05, 0.1) is 4.92 Å². The van der Waals surface area contributed by atoms with E-state index in [-0.39, 0.29) is 11.6 Å². The number of hydrogen-bond acceptors (Lipinski definition) is 3. The van der Waals surface area contributed by atoms with Gasteiger partial charge in [-0.2, -0.15) is 0 Å². The molecule has 1 rings (SSSR count). The number of nitro groups is 1. The summed E-state index contributed by atoms with van der Waals surface area (Å²) in [6.45, 7) is 4.96. The van der Waals surface area contributed by atoms with E-state index in [0.29, 0.717) is 29.5 Å². The van der Waals surface area contributed by atoms with Crippen LogP contribution >= 0.6 is 15.9 Å². The van der Waals surface area contributed by atoms with Gasteiger partial charge in [0.15, 0.2) is 0 Å². The standard InChI is InChI=1S/C14H19BrN2O3/c1-3-4-9-16(10-8-15)14(18)12-6-5-7-13(11(12)2)17(19)20/h5-7H,3-4,8-10H2,1-2H3. The molecule has 0 heterocycles. The molecule has 1 aromatic carbocycles. The number of rotatable bonds is 7. The van der Waals surface area contributed by atoms with Crippen molar-refractivity contribution >= 4 is 27.5 Å². The zero-order chi connectivity index (χ0) is 15.1. The molecule has 0 spiro atoms. The molecule has 5 nitrogen and oxygen atoms in total. The first-order valence-corrected chi connectivity index (χ1v) is 7.74. The lowest BCUT2D eigenvalue weighted by atomic mass is 10.1. The molecular formula is C14H19BrN2O3. The monoisotopic (exact) mass is 342 g/mol. The van der Waals surface area contributed by atoms with Gasteiger partial charge in [-0.05, 0) is 19.4 Å². The maximum atomic E-state index is 12.5. The second kappa shape index (κ2) is 7.99. The minimum atomic E-state index is -0.451. The summed E-state index contributed by atoms with van der Waals surface area (Å²) in [7, 11) is 0. The molecule has 0 aliphatic carbocycles. The van der Waals surface area contributed by atoms with Crippen LogP contribution in [0.5, 0.6) is 0 Å². The van der Waals surface area contributed by atoms with Gasteiger partial charge in [0, 0.05) is 35.6 Å². The molecule has 0 bridgehead atoms. The van der Waals surface area contributed by atoms with Gasteiger partial charge < -0.3 is 4.90 Å². The molecule has 0 aliphatic heterocycles. The number of halogens is 1. The van der Waals surface area contributed by atoms with Crippen molar-refractivity contribution in [2.75, 3.05) is 18.4 Å². The minimum absolute atomic E-state index is 0.00914. The Morgan fingerprint density at radius 1 is 1.40 bits per heavy atom. The third-order valence-electron chi connectivity index (χ3n) is 3.16. The highest BCUT2D eigenvalue weighted by atomic mass is 79.9. The lowest BCUT2D eigenvalue weighted by Crippen LogP contribution is -2.34. The quantitative estimate of drug-likeness (QED) is 0.432. The van der Waals surface area contributed by atoms with E-state index in [0.717, 1.165) is 12.8 Å². The number of carbonyl (C=O) groups is 1. The van der Waals surface area contributed by atoms with E-state index in [1.54, 1.807) is 24.0 Å². The van der Waals surface area contributed by atoms with Gasteiger partial charge in [0.25, 0.3) is 11.6 Å². The smallest absolute Gasteiger partial charge is 0.273 e. The van der Waals surface area contributed by atoms with Crippen molar-refractivity contribution in [3.63, 3.8) is 0 Å². The summed E-state index contributed by atoms with van der Waals surface area (Å²) in [5.41, 5.74) is 0.833. The van der Waals surface area contributed by atoms with E-state index in [4.69, 9.17) is 0 Å². The Labute approximate surface area is 127 Å². The number of benzene rings is 1. The second-order valence-electron chi connectivity index (χ2n) is 4.54. The first-order chi connectivity index (χ1) is 9.52. The second-order valence-corrected chi connectivity index (χ2v) is 5.33. The van der Waals surface area contributed by atoms with E-state index in [2.05, 4.69) is 22.9 Å². The summed E-state index contributed by atoms with van der Waals surface area (Å²) in [6, 6.07) is 4.63. The van der Waals surface area contributed by atoms with E-state index >= 15 is 0 Å². The molecule has 0 atom stereocenters. The third kappa shape index (κ3) is 4.03. The summed E-state index contributed by atoms with van der Waals surface area (Å²) in [5, 5.41) is 11.6. The summed E-state index contributed by atoms with van der Waals surface area (Å²) in [4.78, 5) is 24.7. The first kappa shape index (κ1) is 16.6. The topological polar surface area (TPSA) is 63.5 Å². The molecule has 0 N–H and O–H groups in total. The maximum Gasteiger partial charge on any atom is 0.273 e. The maximum absolute atomic E-state index is 12.5. The van der Waals surface area contributed by atoms with E-state index in [1.807, 2.05) is 0 Å². The van der Waals surface area contributed by atoms with Crippen molar-refractivity contribution in [1.82, 2.24) is 4.90 Å². The van der Waals surface area contributed by atoms with Crippen LogP contribution in [0.25, 0.3) is 0 Å². The zero-order valence-corrected chi connectivity index (χ0v) is 13.4. The normalized spacial score (nSPS) is 10.3. The first-order valence-electron chi connectivity index (χ1n) is 6.62. The van der Waals surface area contributed by atoms with Crippen molar-refractivity contribution in [2.45, 2.75) is 26.7 Å². The van der Waals surface area contributed by atoms with Crippen LogP contribution in [0.2, 0.25) is 0 Å². The highest BCUT2D eigenvalue weighted by molar-refractivity contribution is 9.09. The summed E-state index contributed by atoms with van der Waals surface area (Å²) >= 11 is 3.34. The zero-order valence-electron chi connectivity index (χ0n) is 11.8. The van der Waals surface area contributed by atoms with Crippen LogP contribution in [0.1, 0.15) is 35.7 Å². The predicted octanol–water partition coefficient (Wildman–Crippen LogP) is 3.54. The van der Waals surface area contributed by atoms with E-state index < -0.39 is 4.92 Å². The Morgan fingerprint density at radius 2 is 2.10 bits per heavy atom. The summed E-state index contributed by atoms with van der Waals surface area (Å²) in [5.74, 6) is -0.140. The van der Waals surface area contributed by atoms with Crippen LogP contribution < -0.4 is 0 Å². The molecule has 1 aromatic rings. The van der Waals surface area contributed by atoms with Gasteiger partial charge >= 0.3 is 0 Å². The average Bonchev–Trinajstić information content (AvgIpc) is 2.42. The molecule has 6 heteroatoms. The lowest BCUT2D eigenvalue weighted by Gasteiger charge is -2.22. The molecular weight excluding hydrogens is 324 g/mol. The molecule has 0 aliphatic rings. The van der Waals surface area contributed by atoms with Crippen LogP contribution in [-0.4, -0.2) is 34.2 Å². The Balaban J connectivity index is 3.05. The van der Waals surface area contributed by atoms with Gasteiger partial charge in [0.1, 0.15) is 0 Å². The Bertz CT molecular complexity index is 491. The Morgan fingerprint density at radius 3 is 2.65 bits per heavy atom. The van der Waals surface area contributed by atoms with Crippen molar-refractivity contribution in [2.24, 2.45) is 0 Å². The van der Waals surface area contributed by atoms with Crippen molar-refractivity contribution in [3.8, 4) is 0 Å². The fourth-order valence-electron chi connectivity index (χ4n) is 1.99. The SMILES string of the molecule is CCCCN(CCBr)C(=O)c1cccc([N+](=O)[O-])c1C. The lowest BCUT2D eigenvalue weighted by molar-refractivity contribution is -0.385. The van der Waals surface area contributed by atoms with Crippen molar-refractivity contribution in [3.05, 3.63) is 39.4 Å². The van der Waals surface area contributed by atoms with Crippen molar-refractivity contribution < 1.29 is 9.72 Å². The molecule has 0 saturated carbocycles. The van der Waals surface area contributed by atoms with Crippen molar-refractivity contribution in [1.29, 1.82) is 0 Å². The molecule has 1 amide bonds. The predicted molar refractivity (Wildman–Crippen MR) is 82.4 cm³/mol. The third-order valence-corrected chi connectivity index (χ3v) is 3.51. The Hall–Kier alpha value is -1.43. The van der Waals surface area contributed by atoms with E-state index in [9.17, 15) is 14.9 Å². The summed E-state index contributed by atoms with van der Waals surface area (Å²) < 4.78 is 0. The number of amides is 1. The molecule has 20 heavy (non-hydrogen) atoms. The number of carbonyl (C=O) groups excluding carboxylic acids is 1. The molecule has 0 unspecified atom stereocenters. The number of hydrogen-bond donors (Lipinski definition) is 0. The summed E-state index contributed by atoms with van der Waals surface area (Å²) in [6.07, 6.45) is 1.92. The van der Waals surface area contributed by atoms with Crippen LogP contribution in [0, 0.1) is 17.0 Å². The largest absolute Gasteiger partial charge is 0.338 e. The van der Waals surface area contributed by atoms with Gasteiger partial charge in [-0.25, -0.2) is 0 Å². The highest BCUT2D eigenvalue weighted by Gasteiger charge is 2.21. The van der Waals surface area contributed by atoms with E-state index in [1.165, 1.54) is 6.07 Å². The molecule has 0 radical (unpaired) electrons. The molecule has 0 aromatic heterocycles. The van der Waals surface area contributed by atoms with Crippen LogP contribution in [0.3, 0.4) is 0 Å². The van der Waals surface area contributed by atoms with Crippen LogP contribution in [0.15, 0.2) is 18.2 Å². The van der Waals surface area contributed by atoms with Gasteiger partial charge in [0.2, 0.25) is 0 Å². The van der Waals surface area contributed by atoms with Crippen LogP contribution in [-0.2, 0) is 0 Å². The fourth-order valence-corrected chi connectivity index (χ4v) is 2.42. The fraction of sp³-hybridized carbons (Fsp3) is 0.500. The van der Waals surface area contributed by atoms with Crippen LogP contribution in [0.4, 0.5) is 5.69 Å². The minimum Gasteiger partial charge on any atom is -0.338 e. The molecule has 110 valence electrons. The van der Waals surface area contributed by atoms with Gasteiger partial charge in [-0.3, -0.25) is 14.9 Å².